The van der Waals surface area contributed by atoms with Gasteiger partial charge in [0, 0.05) is 25.7 Å². The van der Waals surface area contributed by atoms with E-state index in [-0.39, 0.29) is 5.91 Å². The van der Waals surface area contributed by atoms with Crippen molar-refractivity contribution in [1.29, 1.82) is 0 Å². The van der Waals surface area contributed by atoms with Gasteiger partial charge in [0.25, 0.3) is 5.91 Å². The first-order valence-electron chi connectivity index (χ1n) is 8.38. The van der Waals surface area contributed by atoms with Crippen molar-refractivity contribution in [1.82, 2.24) is 9.88 Å². The Balaban J connectivity index is 2.15. The summed E-state index contributed by atoms with van der Waals surface area (Å²) < 4.78 is 5.16. The molecule has 0 fully saturated rings. The maximum atomic E-state index is 12.0. The molecule has 1 heterocycles. The number of anilines is 1. The fourth-order valence-electron chi connectivity index (χ4n) is 2.31. The lowest BCUT2D eigenvalue weighted by molar-refractivity contribution is 0.0827. The number of ether oxygens (including phenoxy) is 1. The van der Waals surface area contributed by atoms with Crippen molar-refractivity contribution in [3.05, 3.63) is 71.8 Å². The van der Waals surface area contributed by atoms with E-state index in [1.807, 2.05) is 49.4 Å². The molecule has 0 atom stereocenters. The largest absolute Gasteiger partial charge is 0.495 e. The van der Waals surface area contributed by atoms with Crippen LogP contribution in [0.4, 0.5) is 5.69 Å². The van der Waals surface area contributed by atoms with Crippen molar-refractivity contribution in [3.63, 3.8) is 0 Å². The van der Waals surface area contributed by atoms with Crippen LogP contribution >= 0.6 is 0 Å². The van der Waals surface area contributed by atoms with Crippen LogP contribution in [0.15, 0.2) is 65.7 Å². The number of aromatic nitrogens is 1. The number of hydrogen-bond acceptors (Lipinski definition) is 5. The van der Waals surface area contributed by atoms with E-state index in [1.165, 1.54) is 0 Å². The molecule has 0 unspecified atom stereocenters. The maximum absolute atomic E-state index is 12.0. The Kier molecular flexibility index (Phi) is 6.88. The van der Waals surface area contributed by atoms with Gasteiger partial charge in [-0.2, -0.15) is 0 Å². The molecular formula is C21H24N4O2. The second kappa shape index (κ2) is 9.33. The Morgan fingerprint density at radius 2 is 1.85 bits per heavy atom. The van der Waals surface area contributed by atoms with Crippen LogP contribution in [0.2, 0.25) is 0 Å². The number of pyridine rings is 1. The van der Waals surface area contributed by atoms with Gasteiger partial charge in [-0.05, 0) is 43.0 Å². The van der Waals surface area contributed by atoms with Gasteiger partial charge in [0.2, 0.25) is 0 Å². The van der Waals surface area contributed by atoms with Crippen LogP contribution < -0.4 is 10.1 Å². The van der Waals surface area contributed by atoms with E-state index in [0.29, 0.717) is 17.1 Å². The second-order valence-electron chi connectivity index (χ2n) is 6.08. The summed E-state index contributed by atoms with van der Waals surface area (Å²) in [5.41, 5.74) is 3.47. The molecule has 140 valence electrons. The minimum absolute atomic E-state index is 0.0164. The lowest BCUT2D eigenvalue weighted by Gasteiger charge is -2.10. The molecule has 1 aromatic carbocycles. The SMILES string of the molecule is C=N/C(=C\C=C(/C)c1ccc(C(=O)N(C)C)cc1)Nc1cncc(OC)c1. The van der Waals surface area contributed by atoms with Crippen LogP contribution in [0.5, 0.6) is 5.75 Å². The maximum Gasteiger partial charge on any atom is 0.253 e. The molecular weight excluding hydrogens is 340 g/mol. The molecule has 6 nitrogen and oxygen atoms in total. The third kappa shape index (κ3) is 5.54. The standard InChI is InChI=1S/C21H24N4O2/c1-15(16-7-9-17(10-8-16)21(26)25(3)4)6-11-20(22-2)24-18-12-19(27-5)14-23-13-18/h6-14,24H,2H2,1,3-5H3/b15-6+,20-11+. The zero-order valence-corrected chi connectivity index (χ0v) is 16.1. The minimum Gasteiger partial charge on any atom is -0.495 e. The lowest BCUT2D eigenvalue weighted by Crippen LogP contribution is -2.21. The Morgan fingerprint density at radius 3 is 2.44 bits per heavy atom. The minimum atomic E-state index is -0.0164. The molecule has 2 rings (SSSR count). The summed E-state index contributed by atoms with van der Waals surface area (Å²) in [4.78, 5) is 21.6. The van der Waals surface area contributed by atoms with E-state index >= 15 is 0 Å². The number of nitrogens with one attached hydrogen (secondary N) is 1. The molecule has 0 aliphatic carbocycles. The third-order valence-corrected chi connectivity index (χ3v) is 3.88. The van der Waals surface area contributed by atoms with Crippen molar-refractivity contribution >= 4 is 23.9 Å². The highest BCUT2D eigenvalue weighted by molar-refractivity contribution is 5.94. The van der Waals surface area contributed by atoms with Crippen LogP contribution in [-0.2, 0) is 0 Å². The van der Waals surface area contributed by atoms with Crippen molar-refractivity contribution in [2.75, 3.05) is 26.5 Å². The third-order valence-electron chi connectivity index (χ3n) is 3.88. The number of amides is 1. The molecule has 1 aromatic heterocycles. The number of methoxy groups -OCH3 is 1. The number of rotatable bonds is 7. The zero-order valence-electron chi connectivity index (χ0n) is 16.1. The first kappa shape index (κ1) is 19.9. The van der Waals surface area contributed by atoms with Crippen molar-refractivity contribution in [3.8, 4) is 5.75 Å². The predicted octanol–water partition coefficient (Wildman–Crippen LogP) is 3.85. The van der Waals surface area contributed by atoms with Crippen LogP contribution in [-0.4, -0.2) is 43.7 Å². The van der Waals surface area contributed by atoms with E-state index in [1.54, 1.807) is 38.5 Å². The number of carbonyl (C=O) groups excluding carboxylic acids is 1. The molecule has 0 bridgehead atoms. The quantitative estimate of drug-likeness (QED) is 0.599. The van der Waals surface area contributed by atoms with Gasteiger partial charge in [-0.15, -0.1) is 0 Å². The number of carbonyl (C=O) groups is 1. The number of hydrogen-bond donors (Lipinski definition) is 1. The first-order valence-corrected chi connectivity index (χ1v) is 8.38. The molecule has 0 saturated heterocycles. The van der Waals surface area contributed by atoms with Crippen LogP contribution in [0.25, 0.3) is 5.57 Å². The number of benzene rings is 1. The van der Waals surface area contributed by atoms with Gasteiger partial charge >= 0.3 is 0 Å². The predicted molar refractivity (Wildman–Crippen MR) is 110 cm³/mol. The molecule has 0 saturated carbocycles. The number of allylic oxidation sites excluding steroid dienone is 3. The number of aliphatic imine (C=N–C) groups is 1. The summed E-state index contributed by atoms with van der Waals surface area (Å²) in [7, 11) is 5.06. The molecule has 6 heteroatoms. The summed E-state index contributed by atoms with van der Waals surface area (Å²) in [6, 6.07) is 9.33. The summed E-state index contributed by atoms with van der Waals surface area (Å²) in [6.45, 7) is 5.59. The van der Waals surface area contributed by atoms with Crippen molar-refractivity contribution < 1.29 is 9.53 Å². The molecule has 2 aromatic rings. The zero-order chi connectivity index (χ0) is 19.8. The number of nitrogens with zero attached hydrogens (tertiary/aromatic N) is 3. The van der Waals surface area contributed by atoms with Crippen molar-refractivity contribution in [2.45, 2.75) is 6.92 Å². The summed E-state index contributed by atoms with van der Waals surface area (Å²) >= 11 is 0. The Bertz CT molecular complexity index is 868. The summed E-state index contributed by atoms with van der Waals surface area (Å²) in [6.07, 6.45) is 7.08. The summed E-state index contributed by atoms with van der Waals surface area (Å²) in [5, 5.41) is 3.14. The van der Waals surface area contributed by atoms with Gasteiger partial charge in [-0.1, -0.05) is 18.2 Å². The van der Waals surface area contributed by atoms with E-state index in [9.17, 15) is 4.79 Å². The van der Waals surface area contributed by atoms with Gasteiger partial charge in [0.05, 0.1) is 25.2 Å². The topological polar surface area (TPSA) is 66.8 Å². The molecule has 0 radical (unpaired) electrons. The molecule has 1 N–H and O–H groups in total. The van der Waals surface area contributed by atoms with Crippen LogP contribution in [0.3, 0.4) is 0 Å². The Morgan fingerprint density at radius 1 is 1.19 bits per heavy atom. The molecule has 0 aliphatic rings. The van der Waals surface area contributed by atoms with E-state index in [2.05, 4.69) is 22.0 Å². The van der Waals surface area contributed by atoms with Gasteiger partial charge in [-0.3, -0.25) is 9.78 Å². The van der Waals surface area contributed by atoms with Crippen LogP contribution in [0.1, 0.15) is 22.8 Å². The first-order chi connectivity index (χ1) is 12.9. The van der Waals surface area contributed by atoms with Gasteiger partial charge in [0.15, 0.2) is 0 Å². The summed E-state index contributed by atoms with van der Waals surface area (Å²) in [5.74, 6) is 1.23. The lowest BCUT2D eigenvalue weighted by atomic mass is 10.0. The second-order valence-corrected chi connectivity index (χ2v) is 6.08. The van der Waals surface area contributed by atoms with Gasteiger partial charge < -0.3 is 15.0 Å². The molecule has 0 spiro atoms. The van der Waals surface area contributed by atoms with Gasteiger partial charge in [-0.25, -0.2) is 4.99 Å². The van der Waals surface area contributed by atoms with Gasteiger partial charge in [0.1, 0.15) is 11.6 Å². The Labute approximate surface area is 159 Å². The smallest absolute Gasteiger partial charge is 0.253 e. The average molecular weight is 364 g/mol. The fraction of sp³-hybridized carbons (Fsp3) is 0.190. The monoisotopic (exact) mass is 364 g/mol. The van der Waals surface area contributed by atoms with Crippen LogP contribution in [0, 0.1) is 0 Å². The molecule has 27 heavy (non-hydrogen) atoms. The molecule has 1 amide bonds. The molecule has 0 aliphatic heterocycles. The van der Waals surface area contributed by atoms with E-state index in [4.69, 9.17) is 4.74 Å². The highest BCUT2D eigenvalue weighted by atomic mass is 16.5. The Hall–Kier alpha value is -3.41. The highest BCUT2D eigenvalue weighted by Crippen LogP contribution is 2.18. The normalized spacial score (nSPS) is 11.7. The van der Waals surface area contributed by atoms with E-state index < -0.39 is 0 Å². The average Bonchev–Trinajstić information content (AvgIpc) is 2.70. The highest BCUT2D eigenvalue weighted by Gasteiger charge is 2.07. The van der Waals surface area contributed by atoms with E-state index in [0.717, 1.165) is 16.8 Å². The fourth-order valence-corrected chi connectivity index (χ4v) is 2.31. The van der Waals surface area contributed by atoms with Crippen molar-refractivity contribution in [2.24, 2.45) is 4.99 Å².